The van der Waals surface area contributed by atoms with Gasteiger partial charge in [-0.1, -0.05) is 26.0 Å². The predicted molar refractivity (Wildman–Crippen MR) is 87.2 cm³/mol. The molecule has 0 radical (unpaired) electrons. The summed E-state index contributed by atoms with van der Waals surface area (Å²) in [5.41, 5.74) is 1.74. The van der Waals surface area contributed by atoms with E-state index in [0.717, 1.165) is 25.8 Å². The zero-order valence-electron chi connectivity index (χ0n) is 14.4. The maximum absolute atomic E-state index is 12.4. The highest BCUT2D eigenvalue weighted by atomic mass is 16.6. The number of rotatable bonds is 4. The standard InChI is InChI=1S/C19H31NO2/c1-5-13(3)20-11-15-14-9-16-12(2)7-6-8-19(16,4)10-17(14)22-18(15)21/h13-17,20H,2,5-11H2,1,3-4H3/p+1/t13-,14+,15+,16-,17+,19+/m0/s1. The van der Waals surface area contributed by atoms with Gasteiger partial charge >= 0.3 is 5.97 Å². The number of allylic oxidation sites excluding steroid dienone is 1. The van der Waals surface area contributed by atoms with Crippen LogP contribution in [0.3, 0.4) is 0 Å². The van der Waals surface area contributed by atoms with Gasteiger partial charge in [0.2, 0.25) is 0 Å². The molecule has 22 heavy (non-hydrogen) atoms. The molecule has 0 spiro atoms. The Balaban J connectivity index is 1.73. The average Bonchev–Trinajstić information content (AvgIpc) is 2.77. The smallest absolute Gasteiger partial charge is 0.315 e. The Kier molecular flexibility index (Phi) is 4.37. The van der Waals surface area contributed by atoms with Crippen molar-refractivity contribution in [2.75, 3.05) is 6.54 Å². The highest BCUT2D eigenvalue weighted by Gasteiger charge is 2.55. The Bertz CT molecular complexity index is 460. The van der Waals surface area contributed by atoms with Crippen molar-refractivity contribution in [2.24, 2.45) is 23.2 Å². The second-order valence-electron chi connectivity index (χ2n) is 8.26. The third-order valence-corrected chi connectivity index (χ3v) is 6.76. The normalized spacial score (nSPS) is 42.5. The molecule has 1 aliphatic heterocycles. The summed E-state index contributed by atoms with van der Waals surface area (Å²) in [6, 6.07) is 0.588. The van der Waals surface area contributed by atoms with E-state index in [1.54, 1.807) is 0 Å². The van der Waals surface area contributed by atoms with Gasteiger partial charge in [-0.3, -0.25) is 4.79 Å². The minimum Gasteiger partial charge on any atom is -0.462 e. The van der Waals surface area contributed by atoms with Crippen molar-refractivity contribution in [1.82, 2.24) is 0 Å². The van der Waals surface area contributed by atoms with E-state index < -0.39 is 0 Å². The fourth-order valence-electron chi connectivity index (χ4n) is 5.07. The van der Waals surface area contributed by atoms with E-state index in [4.69, 9.17) is 4.74 Å². The molecule has 0 unspecified atom stereocenters. The number of esters is 1. The van der Waals surface area contributed by atoms with Crippen LogP contribution in [-0.4, -0.2) is 24.7 Å². The minimum atomic E-state index is 0.0578. The molecule has 3 heteroatoms. The van der Waals surface area contributed by atoms with Gasteiger partial charge in [-0.25, -0.2) is 0 Å². The van der Waals surface area contributed by atoms with E-state index in [1.165, 1.54) is 24.8 Å². The maximum Gasteiger partial charge on any atom is 0.315 e. The maximum atomic E-state index is 12.4. The summed E-state index contributed by atoms with van der Waals surface area (Å²) in [6.07, 6.45) is 7.17. The lowest BCUT2D eigenvalue weighted by atomic mass is 9.55. The van der Waals surface area contributed by atoms with Crippen LogP contribution in [0.1, 0.15) is 59.3 Å². The van der Waals surface area contributed by atoms with E-state index in [1.807, 2.05) is 0 Å². The zero-order chi connectivity index (χ0) is 15.9. The summed E-state index contributed by atoms with van der Waals surface area (Å²) in [5.74, 6) is 1.17. The molecule has 0 amide bonds. The van der Waals surface area contributed by atoms with E-state index in [9.17, 15) is 4.79 Å². The zero-order valence-corrected chi connectivity index (χ0v) is 14.4. The van der Waals surface area contributed by atoms with Gasteiger partial charge < -0.3 is 10.1 Å². The van der Waals surface area contributed by atoms with Gasteiger partial charge in [0.05, 0.1) is 12.6 Å². The predicted octanol–water partition coefficient (Wildman–Crippen LogP) is 2.66. The second-order valence-corrected chi connectivity index (χ2v) is 8.26. The van der Waals surface area contributed by atoms with Crippen LogP contribution in [0.25, 0.3) is 0 Å². The van der Waals surface area contributed by atoms with Crippen LogP contribution in [0.2, 0.25) is 0 Å². The molecule has 124 valence electrons. The van der Waals surface area contributed by atoms with Crippen molar-refractivity contribution in [3.63, 3.8) is 0 Å². The molecule has 1 saturated heterocycles. The van der Waals surface area contributed by atoms with Crippen LogP contribution in [-0.2, 0) is 9.53 Å². The van der Waals surface area contributed by atoms with Crippen LogP contribution in [0.4, 0.5) is 0 Å². The van der Waals surface area contributed by atoms with Crippen molar-refractivity contribution >= 4 is 5.97 Å². The molecule has 0 aromatic heterocycles. The van der Waals surface area contributed by atoms with Gasteiger partial charge in [0.15, 0.2) is 0 Å². The Morgan fingerprint density at radius 3 is 3.00 bits per heavy atom. The first-order valence-corrected chi connectivity index (χ1v) is 9.16. The number of quaternary nitrogens is 1. The van der Waals surface area contributed by atoms with Crippen LogP contribution in [0.15, 0.2) is 12.2 Å². The molecule has 3 aliphatic rings. The average molecular weight is 306 g/mol. The molecule has 0 aromatic rings. The number of carbonyl (C=O) groups is 1. The van der Waals surface area contributed by atoms with Gasteiger partial charge in [0, 0.05) is 5.92 Å². The van der Waals surface area contributed by atoms with E-state index in [-0.39, 0.29) is 18.0 Å². The van der Waals surface area contributed by atoms with Gasteiger partial charge in [-0.05, 0) is 56.8 Å². The first kappa shape index (κ1) is 16.0. The number of hydrogen-bond acceptors (Lipinski definition) is 2. The van der Waals surface area contributed by atoms with Crippen molar-refractivity contribution < 1.29 is 14.8 Å². The summed E-state index contributed by atoms with van der Waals surface area (Å²) in [7, 11) is 0. The number of nitrogens with two attached hydrogens (primary N) is 1. The summed E-state index contributed by atoms with van der Waals surface area (Å²) in [5, 5.41) is 2.33. The molecule has 0 aromatic carbocycles. The Morgan fingerprint density at radius 1 is 1.50 bits per heavy atom. The molecular formula is C19H32NO2+. The SMILES string of the molecule is C=C1CCC[C@]2(C)C[C@H]3OC(=O)[C@H](C[NH2+][C@@H](C)CC)[C@H]3C[C@@H]12. The molecule has 3 rings (SSSR count). The number of ether oxygens (including phenoxy) is 1. The fourth-order valence-corrected chi connectivity index (χ4v) is 5.07. The van der Waals surface area contributed by atoms with Crippen LogP contribution >= 0.6 is 0 Å². The van der Waals surface area contributed by atoms with E-state index >= 15 is 0 Å². The van der Waals surface area contributed by atoms with Crippen LogP contribution in [0, 0.1) is 23.2 Å². The lowest BCUT2D eigenvalue weighted by molar-refractivity contribution is -0.690. The highest BCUT2D eigenvalue weighted by molar-refractivity contribution is 5.75. The molecule has 3 fully saturated rings. The minimum absolute atomic E-state index is 0.0578. The molecule has 3 nitrogen and oxygen atoms in total. The van der Waals surface area contributed by atoms with E-state index in [0.29, 0.717) is 23.3 Å². The quantitative estimate of drug-likeness (QED) is 0.641. The fraction of sp³-hybridized carbons (Fsp3) is 0.842. The lowest BCUT2D eigenvalue weighted by Gasteiger charge is -2.49. The topological polar surface area (TPSA) is 42.9 Å². The molecule has 2 N–H and O–H groups in total. The molecule has 2 aliphatic carbocycles. The van der Waals surface area contributed by atoms with Gasteiger partial charge in [0.1, 0.15) is 12.0 Å². The summed E-state index contributed by atoms with van der Waals surface area (Å²) in [6.45, 7) is 12.1. The second kappa shape index (κ2) is 5.99. The molecule has 6 atom stereocenters. The monoisotopic (exact) mass is 306 g/mol. The van der Waals surface area contributed by atoms with Gasteiger partial charge in [-0.2, -0.15) is 0 Å². The number of fused-ring (bicyclic) bond motifs is 2. The largest absolute Gasteiger partial charge is 0.462 e. The van der Waals surface area contributed by atoms with Crippen LogP contribution < -0.4 is 5.32 Å². The van der Waals surface area contributed by atoms with Gasteiger partial charge in [-0.15, -0.1) is 0 Å². The molecule has 2 saturated carbocycles. The number of carbonyl (C=O) groups excluding carboxylic acids is 1. The van der Waals surface area contributed by atoms with E-state index in [2.05, 4.69) is 32.7 Å². The van der Waals surface area contributed by atoms with Crippen molar-refractivity contribution in [3.8, 4) is 0 Å². The first-order valence-electron chi connectivity index (χ1n) is 9.16. The Labute approximate surface area is 134 Å². The highest BCUT2D eigenvalue weighted by Crippen LogP contribution is 2.56. The summed E-state index contributed by atoms with van der Waals surface area (Å²) >= 11 is 0. The molecular weight excluding hydrogens is 274 g/mol. The Hall–Kier alpha value is -0.830. The third-order valence-electron chi connectivity index (χ3n) is 6.76. The van der Waals surface area contributed by atoms with Crippen LogP contribution in [0.5, 0.6) is 0 Å². The Morgan fingerprint density at radius 2 is 2.27 bits per heavy atom. The van der Waals surface area contributed by atoms with Crippen molar-refractivity contribution in [1.29, 1.82) is 0 Å². The first-order chi connectivity index (χ1) is 10.4. The summed E-state index contributed by atoms with van der Waals surface area (Å²) in [4.78, 5) is 12.4. The molecule has 0 bridgehead atoms. The lowest BCUT2D eigenvalue weighted by Crippen LogP contribution is -2.90. The molecule has 1 heterocycles. The third kappa shape index (κ3) is 2.73. The van der Waals surface area contributed by atoms with Crippen molar-refractivity contribution in [2.45, 2.75) is 71.4 Å². The van der Waals surface area contributed by atoms with Gasteiger partial charge in [0.25, 0.3) is 0 Å². The van der Waals surface area contributed by atoms with Crippen molar-refractivity contribution in [3.05, 3.63) is 12.2 Å². The summed E-state index contributed by atoms with van der Waals surface area (Å²) < 4.78 is 5.80. The number of hydrogen-bond donors (Lipinski definition) is 1.